The molecule has 1 rings (SSSR count). The van der Waals surface area contributed by atoms with Gasteiger partial charge in [-0.05, 0) is 33.1 Å². The van der Waals surface area contributed by atoms with E-state index in [-0.39, 0.29) is 0 Å². The molecule has 0 aromatic rings. The molecule has 2 heteroatoms. The van der Waals surface area contributed by atoms with E-state index in [1.54, 1.807) is 0 Å². The van der Waals surface area contributed by atoms with Crippen molar-refractivity contribution in [3.05, 3.63) is 12.4 Å². The first-order valence-electron chi connectivity index (χ1n) is 18.9. The van der Waals surface area contributed by atoms with E-state index in [0.717, 1.165) is 0 Å². The Labute approximate surface area is 254 Å². The second-order valence-corrected chi connectivity index (χ2v) is 13.5. The van der Waals surface area contributed by atoms with Crippen molar-refractivity contribution in [2.45, 2.75) is 226 Å². The summed E-state index contributed by atoms with van der Waals surface area (Å²) in [5.41, 5.74) is 0. The predicted octanol–water partition coefficient (Wildman–Crippen LogP) is 13.2. The Balaban J connectivity index is 1.99. The van der Waals surface area contributed by atoms with Gasteiger partial charge in [-0.25, -0.2) is 0 Å². The van der Waals surface area contributed by atoms with Crippen LogP contribution in [0.1, 0.15) is 214 Å². The fraction of sp³-hybridized carbons (Fsp3) is 0.947. The molecule has 2 nitrogen and oxygen atoms in total. The van der Waals surface area contributed by atoms with E-state index in [1.807, 2.05) is 0 Å². The molecule has 238 valence electrons. The van der Waals surface area contributed by atoms with Gasteiger partial charge in [0.25, 0.3) is 0 Å². The first-order chi connectivity index (χ1) is 19.7. The molecule has 0 aliphatic carbocycles. The van der Waals surface area contributed by atoms with Crippen LogP contribution in [0.25, 0.3) is 0 Å². The van der Waals surface area contributed by atoms with Crippen molar-refractivity contribution >= 4 is 0 Å². The smallest absolute Gasteiger partial charge is 0.101 e. The van der Waals surface area contributed by atoms with E-state index in [4.69, 9.17) is 0 Å². The third kappa shape index (κ3) is 21.1. The van der Waals surface area contributed by atoms with E-state index in [0.29, 0.717) is 12.2 Å². The molecular formula is C38H76N2. The van der Waals surface area contributed by atoms with Gasteiger partial charge >= 0.3 is 0 Å². The number of nitrogens with zero attached hydrogens (tertiary/aromatic N) is 2. The second-order valence-electron chi connectivity index (χ2n) is 13.5. The van der Waals surface area contributed by atoms with Crippen molar-refractivity contribution in [3.63, 3.8) is 0 Å². The van der Waals surface area contributed by atoms with Gasteiger partial charge in [-0.15, -0.1) is 0 Å². The molecule has 1 heterocycles. The monoisotopic (exact) mass is 561 g/mol. The van der Waals surface area contributed by atoms with Crippen LogP contribution in [0.15, 0.2) is 12.4 Å². The lowest BCUT2D eigenvalue weighted by Crippen LogP contribution is -2.42. The topological polar surface area (TPSA) is 6.48 Å². The van der Waals surface area contributed by atoms with E-state index < -0.39 is 0 Å². The molecule has 0 spiro atoms. The number of hydrogen-bond donors (Lipinski definition) is 0. The average molecular weight is 561 g/mol. The maximum absolute atomic E-state index is 2.67. The van der Waals surface area contributed by atoms with Crippen molar-refractivity contribution in [3.8, 4) is 0 Å². The molecule has 0 bridgehead atoms. The van der Waals surface area contributed by atoms with Crippen LogP contribution < -0.4 is 0 Å². The van der Waals surface area contributed by atoms with Gasteiger partial charge in [0.2, 0.25) is 0 Å². The quantitative estimate of drug-likeness (QED) is 0.0778. The van der Waals surface area contributed by atoms with Crippen LogP contribution in [0.4, 0.5) is 0 Å². The van der Waals surface area contributed by atoms with Gasteiger partial charge in [0, 0.05) is 25.0 Å². The molecule has 1 atom stereocenters. The number of rotatable bonds is 31. The Kier molecular flexibility index (Phi) is 26.6. The molecule has 0 saturated carbocycles. The summed E-state index contributed by atoms with van der Waals surface area (Å²) in [5, 5.41) is 0. The lowest BCUT2D eigenvalue weighted by molar-refractivity contribution is 0.114. The highest BCUT2D eigenvalue weighted by atomic mass is 15.4. The third-order valence-corrected chi connectivity index (χ3v) is 9.34. The molecule has 0 N–H and O–H groups in total. The van der Waals surface area contributed by atoms with E-state index in [1.165, 1.54) is 193 Å². The summed E-state index contributed by atoms with van der Waals surface area (Å²) < 4.78 is 0. The standard InChI is InChI=1S/C38H76N2/c1-5-7-9-11-13-15-17-19-20-21-22-23-25-27-29-31-33-38-39(35-36-40(38)37(3)4)34-32-30-28-26-24-18-16-14-12-10-8-6-2/h35-38H,5-34H2,1-4H3. The Hall–Kier alpha value is -0.660. The highest BCUT2D eigenvalue weighted by molar-refractivity contribution is 4.98. The highest BCUT2D eigenvalue weighted by Gasteiger charge is 2.26. The van der Waals surface area contributed by atoms with E-state index in [2.05, 4.69) is 49.9 Å². The van der Waals surface area contributed by atoms with Crippen LogP contribution >= 0.6 is 0 Å². The number of hydrogen-bond acceptors (Lipinski definition) is 2. The fourth-order valence-corrected chi connectivity index (χ4v) is 6.60. The van der Waals surface area contributed by atoms with Crippen LogP contribution in [0.5, 0.6) is 0 Å². The summed E-state index contributed by atoms with van der Waals surface area (Å²) >= 11 is 0. The molecule has 0 radical (unpaired) electrons. The average Bonchev–Trinajstić information content (AvgIpc) is 3.36. The maximum Gasteiger partial charge on any atom is 0.101 e. The zero-order chi connectivity index (χ0) is 28.9. The van der Waals surface area contributed by atoms with Crippen molar-refractivity contribution < 1.29 is 0 Å². The summed E-state index contributed by atoms with van der Waals surface area (Å²) in [7, 11) is 0. The second kappa shape index (κ2) is 28.5. The maximum atomic E-state index is 2.67. The molecule has 0 fully saturated rings. The van der Waals surface area contributed by atoms with Crippen molar-refractivity contribution in [1.29, 1.82) is 0 Å². The van der Waals surface area contributed by atoms with Gasteiger partial charge in [0.15, 0.2) is 0 Å². The Bertz CT molecular complexity index is 528. The van der Waals surface area contributed by atoms with Crippen molar-refractivity contribution in [1.82, 2.24) is 9.80 Å². The molecule has 1 unspecified atom stereocenters. The van der Waals surface area contributed by atoms with Crippen molar-refractivity contribution in [2.24, 2.45) is 0 Å². The van der Waals surface area contributed by atoms with Crippen molar-refractivity contribution in [2.75, 3.05) is 6.54 Å². The molecule has 0 saturated heterocycles. The fourth-order valence-electron chi connectivity index (χ4n) is 6.60. The Morgan fingerprint density at radius 2 is 0.750 bits per heavy atom. The van der Waals surface area contributed by atoms with Gasteiger partial charge in [0.05, 0.1) is 0 Å². The molecule has 1 aliphatic heterocycles. The summed E-state index contributed by atoms with van der Waals surface area (Å²) in [6.07, 6.45) is 47.2. The van der Waals surface area contributed by atoms with Gasteiger partial charge in [-0.2, -0.15) is 0 Å². The lowest BCUT2D eigenvalue weighted by atomic mass is 10.0. The Morgan fingerprint density at radius 3 is 1.10 bits per heavy atom. The normalized spacial score (nSPS) is 15.3. The highest BCUT2D eigenvalue weighted by Crippen LogP contribution is 2.25. The zero-order valence-electron chi connectivity index (χ0n) is 28.4. The van der Waals surface area contributed by atoms with Crippen LogP contribution in [0.3, 0.4) is 0 Å². The van der Waals surface area contributed by atoms with Gasteiger partial charge < -0.3 is 9.80 Å². The minimum absolute atomic E-state index is 0.606. The molecule has 40 heavy (non-hydrogen) atoms. The summed E-state index contributed by atoms with van der Waals surface area (Å²) in [4.78, 5) is 5.28. The minimum atomic E-state index is 0.606. The van der Waals surface area contributed by atoms with Crippen LogP contribution in [0.2, 0.25) is 0 Å². The summed E-state index contributed by atoms with van der Waals surface area (Å²) in [6.45, 7) is 10.6. The minimum Gasteiger partial charge on any atom is -0.356 e. The largest absolute Gasteiger partial charge is 0.356 e. The lowest BCUT2D eigenvalue weighted by Gasteiger charge is -2.35. The molecule has 0 aromatic heterocycles. The zero-order valence-corrected chi connectivity index (χ0v) is 28.4. The van der Waals surface area contributed by atoms with Gasteiger partial charge in [-0.1, -0.05) is 181 Å². The Morgan fingerprint density at radius 1 is 0.425 bits per heavy atom. The van der Waals surface area contributed by atoms with Crippen LogP contribution in [0, 0.1) is 0 Å². The SMILES string of the molecule is CCCCCCCCCCCCCCCCCCC1N(CCCCCCCCCCCCCC)C=CN1C(C)C. The molecule has 0 amide bonds. The summed E-state index contributed by atoms with van der Waals surface area (Å²) in [5.74, 6) is 0. The summed E-state index contributed by atoms with van der Waals surface area (Å²) in [6, 6.07) is 0.606. The van der Waals surface area contributed by atoms with Gasteiger partial charge in [-0.3, -0.25) is 0 Å². The first-order valence-corrected chi connectivity index (χ1v) is 18.9. The van der Waals surface area contributed by atoms with Gasteiger partial charge in [0.1, 0.15) is 6.17 Å². The van der Waals surface area contributed by atoms with E-state index in [9.17, 15) is 0 Å². The van der Waals surface area contributed by atoms with Crippen LogP contribution in [-0.4, -0.2) is 28.6 Å². The molecule has 0 aromatic carbocycles. The number of unbranched alkanes of at least 4 members (excludes halogenated alkanes) is 26. The first kappa shape index (κ1) is 37.4. The predicted molar refractivity (Wildman–Crippen MR) is 182 cm³/mol. The molecular weight excluding hydrogens is 484 g/mol. The van der Waals surface area contributed by atoms with E-state index >= 15 is 0 Å². The molecule has 1 aliphatic rings. The third-order valence-electron chi connectivity index (χ3n) is 9.34. The van der Waals surface area contributed by atoms with Crippen LogP contribution in [-0.2, 0) is 0 Å².